The molecule has 4 nitrogen and oxygen atoms in total. The van der Waals surface area contributed by atoms with Crippen molar-refractivity contribution in [1.82, 2.24) is 4.90 Å². The Labute approximate surface area is 200 Å². The van der Waals surface area contributed by atoms with Crippen LogP contribution >= 0.6 is 0 Å². The third kappa shape index (κ3) is 2.92. The van der Waals surface area contributed by atoms with Gasteiger partial charge in [0.15, 0.2) is 0 Å². The molecule has 2 aliphatic heterocycles. The number of fused-ring (bicyclic) bond motifs is 7. The first-order valence-corrected chi connectivity index (χ1v) is 13.9. The molecule has 33 heavy (non-hydrogen) atoms. The lowest BCUT2D eigenvalue weighted by Crippen LogP contribution is -2.60. The van der Waals surface area contributed by atoms with Crippen molar-refractivity contribution in [3.05, 3.63) is 11.6 Å². The largest absolute Gasteiger partial charge is 0.393 e. The second-order valence-electron chi connectivity index (χ2n) is 13.5. The van der Waals surface area contributed by atoms with Crippen LogP contribution in [0.15, 0.2) is 11.6 Å². The van der Waals surface area contributed by atoms with E-state index in [9.17, 15) is 9.90 Å². The van der Waals surface area contributed by atoms with Gasteiger partial charge >= 0.3 is 0 Å². The van der Waals surface area contributed by atoms with Crippen LogP contribution in [0.2, 0.25) is 0 Å². The number of piperidine rings is 1. The Kier molecular flexibility index (Phi) is 5.01. The molecule has 0 bridgehead atoms. The van der Waals surface area contributed by atoms with E-state index in [1.807, 2.05) is 0 Å². The number of amides is 1. The molecule has 6 aliphatic rings. The number of rotatable bonds is 0. The Morgan fingerprint density at radius 1 is 1.12 bits per heavy atom. The van der Waals surface area contributed by atoms with Crippen LogP contribution in [-0.2, 0) is 9.53 Å². The summed E-state index contributed by atoms with van der Waals surface area (Å²) in [6, 6.07) is 0. The lowest BCUT2D eigenvalue weighted by Gasteiger charge is -2.59. The van der Waals surface area contributed by atoms with Crippen LogP contribution in [0.25, 0.3) is 0 Å². The van der Waals surface area contributed by atoms with Gasteiger partial charge in [0, 0.05) is 19.4 Å². The van der Waals surface area contributed by atoms with Gasteiger partial charge in [0.05, 0.1) is 12.2 Å². The summed E-state index contributed by atoms with van der Waals surface area (Å²) in [5, 5.41) is 10.3. The number of hydrogen-bond acceptors (Lipinski definition) is 3. The standard InChI is InChI=1S/C29H45NO3/c1-17-8-13-29(30(16-17)19(3)31)18(2)26-25(33-29)15-24-22-7-6-20-14-21(32)9-11-27(20,4)23(22)10-12-28(24,26)5/h6,17-18,21-26,32H,7-16H2,1-5H3/t17-,18+,21-,22-,23+,24+,25+,26+,27-,28-,29-/m0/s1. The topological polar surface area (TPSA) is 49.8 Å². The molecule has 6 rings (SSSR count). The van der Waals surface area contributed by atoms with Crippen LogP contribution in [0, 0.1) is 46.3 Å². The van der Waals surface area contributed by atoms with Crippen molar-refractivity contribution < 1.29 is 14.6 Å². The number of aliphatic hydroxyl groups excluding tert-OH is 1. The van der Waals surface area contributed by atoms with Crippen molar-refractivity contribution in [3.63, 3.8) is 0 Å². The first-order chi connectivity index (χ1) is 15.6. The van der Waals surface area contributed by atoms with Gasteiger partial charge in [-0.05, 0) is 98.2 Å². The van der Waals surface area contributed by atoms with E-state index in [4.69, 9.17) is 4.74 Å². The van der Waals surface area contributed by atoms with Crippen molar-refractivity contribution >= 4 is 5.91 Å². The fourth-order valence-electron chi connectivity index (χ4n) is 10.5. The summed E-state index contributed by atoms with van der Waals surface area (Å²) < 4.78 is 7.09. The van der Waals surface area contributed by atoms with Crippen molar-refractivity contribution in [2.45, 2.75) is 110 Å². The zero-order valence-corrected chi connectivity index (χ0v) is 21.5. The molecule has 1 spiro atoms. The minimum atomic E-state index is -0.371. The molecular formula is C29H45NO3. The van der Waals surface area contributed by atoms with Gasteiger partial charge < -0.3 is 14.7 Å². The molecule has 1 amide bonds. The number of ether oxygens (including phenoxy) is 1. The van der Waals surface area contributed by atoms with Crippen LogP contribution in [-0.4, -0.2) is 40.4 Å². The maximum atomic E-state index is 12.7. The van der Waals surface area contributed by atoms with E-state index in [0.717, 1.165) is 56.4 Å². The summed E-state index contributed by atoms with van der Waals surface area (Å²) in [7, 11) is 0. The molecule has 2 saturated heterocycles. The first-order valence-electron chi connectivity index (χ1n) is 13.9. The van der Waals surface area contributed by atoms with Crippen LogP contribution in [0.4, 0.5) is 0 Å². The van der Waals surface area contributed by atoms with Crippen LogP contribution in [0.3, 0.4) is 0 Å². The highest BCUT2D eigenvalue weighted by atomic mass is 16.5. The molecule has 0 aromatic carbocycles. The van der Waals surface area contributed by atoms with Gasteiger partial charge in [-0.2, -0.15) is 0 Å². The predicted molar refractivity (Wildman–Crippen MR) is 129 cm³/mol. The zero-order valence-electron chi connectivity index (χ0n) is 21.5. The minimum absolute atomic E-state index is 0.131. The Bertz CT molecular complexity index is 869. The van der Waals surface area contributed by atoms with Crippen molar-refractivity contribution in [2.75, 3.05) is 6.54 Å². The monoisotopic (exact) mass is 455 g/mol. The fourth-order valence-corrected chi connectivity index (χ4v) is 10.5. The summed E-state index contributed by atoms with van der Waals surface area (Å²) in [6.07, 6.45) is 12.9. The molecule has 2 heterocycles. The Hall–Kier alpha value is -0.870. The molecule has 4 aliphatic carbocycles. The Morgan fingerprint density at radius 2 is 1.91 bits per heavy atom. The van der Waals surface area contributed by atoms with Gasteiger partial charge in [-0.25, -0.2) is 0 Å². The minimum Gasteiger partial charge on any atom is -0.393 e. The van der Waals surface area contributed by atoms with Crippen LogP contribution < -0.4 is 0 Å². The molecule has 5 fully saturated rings. The van der Waals surface area contributed by atoms with E-state index >= 15 is 0 Å². The van der Waals surface area contributed by atoms with Crippen molar-refractivity contribution in [2.24, 2.45) is 46.3 Å². The van der Waals surface area contributed by atoms with Gasteiger partial charge in [-0.15, -0.1) is 0 Å². The molecule has 0 aromatic heterocycles. The predicted octanol–water partition coefficient (Wildman–Crippen LogP) is 5.55. The second kappa shape index (κ2) is 7.32. The number of allylic oxidation sites excluding steroid dienone is 1. The van der Waals surface area contributed by atoms with Crippen molar-refractivity contribution in [3.8, 4) is 0 Å². The first kappa shape index (κ1) is 22.6. The molecule has 11 atom stereocenters. The molecule has 0 unspecified atom stereocenters. The number of likely N-dealkylation sites (tertiary alicyclic amines) is 1. The maximum absolute atomic E-state index is 12.7. The highest BCUT2D eigenvalue weighted by molar-refractivity contribution is 5.74. The Balaban J connectivity index is 1.30. The lowest BCUT2D eigenvalue weighted by atomic mass is 9.47. The van der Waals surface area contributed by atoms with E-state index in [1.165, 1.54) is 25.7 Å². The molecule has 3 saturated carbocycles. The van der Waals surface area contributed by atoms with Crippen LogP contribution in [0.1, 0.15) is 92.4 Å². The molecular weight excluding hydrogens is 410 g/mol. The smallest absolute Gasteiger partial charge is 0.221 e. The summed E-state index contributed by atoms with van der Waals surface area (Å²) in [4.78, 5) is 14.9. The number of carbonyl (C=O) groups excluding carboxylic acids is 1. The number of carbonyl (C=O) groups is 1. The Morgan fingerprint density at radius 3 is 2.67 bits per heavy atom. The quantitative estimate of drug-likeness (QED) is 0.488. The second-order valence-corrected chi connectivity index (χ2v) is 13.5. The summed E-state index contributed by atoms with van der Waals surface area (Å²) in [5.41, 5.74) is 1.79. The summed E-state index contributed by atoms with van der Waals surface area (Å²) >= 11 is 0. The average Bonchev–Trinajstić information content (AvgIpc) is 3.21. The molecule has 0 radical (unpaired) electrons. The number of aliphatic hydroxyl groups is 1. The van der Waals surface area contributed by atoms with E-state index < -0.39 is 0 Å². The summed E-state index contributed by atoms with van der Waals surface area (Å²) in [5.74, 6) is 3.95. The highest BCUT2D eigenvalue weighted by Gasteiger charge is 2.69. The number of hydrogen-bond donors (Lipinski definition) is 1. The van der Waals surface area contributed by atoms with Gasteiger partial charge in [0.2, 0.25) is 5.91 Å². The van der Waals surface area contributed by atoms with Gasteiger partial charge in [0.1, 0.15) is 5.72 Å². The van der Waals surface area contributed by atoms with E-state index in [-0.39, 0.29) is 17.7 Å². The molecule has 0 aromatic rings. The van der Waals surface area contributed by atoms with Gasteiger partial charge in [-0.3, -0.25) is 4.79 Å². The fraction of sp³-hybridized carbons (Fsp3) is 0.897. The zero-order chi connectivity index (χ0) is 23.3. The molecule has 1 N–H and O–H groups in total. The lowest BCUT2D eigenvalue weighted by molar-refractivity contribution is -0.200. The summed E-state index contributed by atoms with van der Waals surface area (Å²) in [6.45, 7) is 12.4. The maximum Gasteiger partial charge on any atom is 0.221 e. The van der Waals surface area contributed by atoms with E-state index in [2.05, 4.69) is 38.7 Å². The third-order valence-corrected chi connectivity index (χ3v) is 12.1. The third-order valence-electron chi connectivity index (χ3n) is 12.1. The average molecular weight is 456 g/mol. The number of nitrogens with zero attached hydrogens (tertiary/aromatic N) is 1. The van der Waals surface area contributed by atoms with Crippen molar-refractivity contribution in [1.29, 1.82) is 0 Å². The van der Waals surface area contributed by atoms with E-state index in [0.29, 0.717) is 34.7 Å². The van der Waals surface area contributed by atoms with Gasteiger partial charge in [-0.1, -0.05) is 39.3 Å². The SMILES string of the molecule is CC(=O)N1C[C@@H](C)CC[C@@]12O[C@@H]1C[C@@H]3[C@H]4CC=C5C[C@@H](O)CC[C@]5(C)[C@@H]4CC[C@]3(C)[C@@H]1[C@H]2C. The van der Waals surface area contributed by atoms with E-state index in [1.54, 1.807) is 12.5 Å². The van der Waals surface area contributed by atoms with Crippen LogP contribution in [0.5, 0.6) is 0 Å². The normalized spacial score (nSPS) is 55.5. The molecule has 4 heteroatoms. The highest BCUT2D eigenvalue weighted by Crippen LogP contribution is 2.70. The van der Waals surface area contributed by atoms with Gasteiger partial charge in [0.25, 0.3) is 0 Å². The molecule has 184 valence electrons.